The molecule has 0 aromatic rings. The number of hydrogen-bond donors (Lipinski definition) is 1. The van der Waals surface area contributed by atoms with Gasteiger partial charge in [-0.25, -0.2) is 0 Å². The largest absolute Gasteiger partial charge is 0.341 e. The van der Waals surface area contributed by atoms with Crippen LogP contribution in [0.2, 0.25) is 0 Å². The quantitative estimate of drug-likeness (QED) is 0.695. The van der Waals surface area contributed by atoms with E-state index in [1.807, 2.05) is 4.90 Å². The van der Waals surface area contributed by atoms with Gasteiger partial charge in [-0.05, 0) is 11.8 Å². The summed E-state index contributed by atoms with van der Waals surface area (Å²) < 4.78 is 0. The van der Waals surface area contributed by atoms with Gasteiger partial charge in [-0.1, -0.05) is 20.8 Å². The highest BCUT2D eigenvalue weighted by Crippen LogP contribution is 2.20. The van der Waals surface area contributed by atoms with Crippen LogP contribution in [0.1, 0.15) is 33.6 Å². The standard InChI is InChI=1S/C10H20N2O/c1-10(2,3)4-5-12-7-8(11)6-9(12)13/h8H,4-7,11H2,1-3H3. The topological polar surface area (TPSA) is 46.3 Å². The molecule has 1 heterocycles. The van der Waals surface area contributed by atoms with Crippen molar-refractivity contribution in [2.75, 3.05) is 13.1 Å². The van der Waals surface area contributed by atoms with Gasteiger partial charge in [-0.2, -0.15) is 0 Å². The number of rotatable bonds is 2. The van der Waals surface area contributed by atoms with Crippen molar-refractivity contribution < 1.29 is 4.79 Å². The summed E-state index contributed by atoms with van der Waals surface area (Å²) >= 11 is 0. The predicted molar refractivity (Wildman–Crippen MR) is 53.2 cm³/mol. The van der Waals surface area contributed by atoms with Gasteiger partial charge in [0.05, 0.1) is 0 Å². The van der Waals surface area contributed by atoms with E-state index in [1.165, 1.54) is 0 Å². The van der Waals surface area contributed by atoms with Crippen LogP contribution in [0.3, 0.4) is 0 Å². The Balaban J connectivity index is 2.34. The first-order valence-electron chi connectivity index (χ1n) is 4.92. The van der Waals surface area contributed by atoms with Crippen molar-refractivity contribution >= 4 is 5.91 Å². The van der Waals surface area contributed by atoms with Crippen LogP contribution in [0.25, 0.3) is 0 Å². The molecule has 0 radical (unpaired) electrons. The summed E-state index contributed by atoms with van der Waals surface area (Å²) in [5.41, 5.74) is 5.99. The lowest BCUT2D eigenvalue weighted by Gasteiger charge is -2.23. The molecule has 1 aliphatic rings. The molecule has 1 saturated heterocycles. The molecule has 1 rings (SSSR count). The summed E-state index contributed by atoms with van der Waals surface area (Å²) in [5, 5.41) is 0. The Morgan fingerprint density at radius 2 is 2.15 bits per heavy atom. The number of hydrogen-bond acceptors (Lipinski definition) is 2. The van der Waals surface area contributed by atoms with E-state index >= 15 is 0 Å². The fourth-order valence-electron chi connectivity index (χ4n) is 1.49. The zero-order valence-corrected chi connectivity index (χ0v) is 8.84. The van der Waals surface area contributed by atoms with Crippen LogP contribution in [0.15, 0.2) is 0 Å². The lowest BCUT2D eigenvalue weighted by Crippen LogP contribution is -2.31. The molecule has 3 heteroatoms. The van der Waals surface area contributed by atoms with E-state index in [9.17, 15) is 4.79 Å². The van der Waals surface area contributed by atoms with Crippen molar-refractivity contribution in [2.24, 2.45) is 11.1 Å². The van der Waals surface area contributed by atoms with Gasteiger partial charge in [-0.15, -0.1) is 0 Å². The number of carbonyl (C=O) groups is 1. The Bertz CT molecular complexity index is 196. The fourth-order valence-corrected chi connectivity index (χ4v) is 1.49. The molecule has 1 atom stereocenters. The molecule has 13 heavy (non-hydrogen) atoms. The molecule has 76 valence electrons. The van der Waals surface area contributed by atoms with Crippen molar-refractivity contribution in [1.29, 1.82) is 0 Å². The van der Waals surface area contributed by atoms with E-state index < -0.39 is 0 Å². The molecule has 0 saturated carbocycles. The van der Waals surface area contributed by atoms with Crippen LogP contribution < -0.4 is 5.73 Å². The maximum atomic E-state index is 11.3. The maximum absolute atomic E-state index is 11.3. The highest BCUT2D eigenvalue weighted by molar-refractivity contribution is 5.79. The molecule has 0 aliphatic carbocycles. The molecule has 0 spiro atoms. The molecule has 1 fully saturated rings. The second-order valence-electron chi connectivity index (χ2n) is 5.11. The molecule has 2 N–H and O–H groups in total. The van der Waals surface area contributed by atoms with Crippen molar-refractivity contribution in [3.8, 4) is 0 Å². The van der Waals surface area contributed by atoms with Gasteiger partial charge in [0.25, 0.3) is 0 Å². The summed E-state index contributed by atoms with van der Waals surface area (Å²) in [6.07, 6.45) is 1.58. The SMILES string of the molecule is CC(C)(C)CCN1CC(N)CC1=O. The Labute approximate surface area is 80.3 Å². The summed E-state index contributed by atoms with van der Waals surface area (Å²) in [7, 11) is 0. The van der Waals surface area contributed by atoms with Gasteiger partial charge in [-0.3, -0.25) is 4.79 Å². The van der Waals surface area contributed by atoms with E-state index in [4.69, 9.17) is 5.73 Å². The molecular weight excluding hydrogens is 164 g/mol. The Kier molecular flexibility index (Phi) is 2.96. The van der Waals surface area contributed by atoms with E-state index in [2.05, 4.69) is 20.8 Å². The van der Waals surface area contributed by atoms with Crippen LogP contribution in [0, 0.1) is 5.41 Å². The summed E-state index contributed by atoms with van der Waals surface area (Å²) in [6.45, 7) is 8.17. The number of likely N-dealkylation sites (tertiary alicyclic amines) is 1. The average Bonchev–Trinajstić information content (AvgIpc) is 2.24. The molecule has 0 bridgehead atoms. The third kappa shape index (κ3) is 3.35. The normalized spacial score (nSPS) is 24.2. The number of amides is 1. The zero-order valence-electron chi connectivity index (χ0n) is 8.84. The molecule has 0 aromatic heterocycles. The van der Waals surface area contributed by atoms with Gasteiger partial charge in [0.15, 0.2) is 0 Å². The first-order valence-corrected chi connectivity index (χ1v) is 4.92. The van der Waals surface area contributed by atoms with Crippen molar-refractivity contribution in [1.82, 2.24) is 4.90 Å². The Morgan fingerprint density at radius 3 is 2.54 bits per heavy atom. The lowest BCUT2D eigenvalue weighted by atomic mass is 9.92. The molecule has 1 aliphatic heterocycles. The number of nitrogens with zero attached hydrogens (tertiary/aromatic N) is 1. The molecule has 1 unspecified atom stereocenters. The monoisotopic (exact) mass is 184 g/mol. The minimum Gasteiger partial charge on any atom is -0.341 e. The third-order valence-corrected chi connectivity index (χ3v) is 2.38. The van der Waals surface area contributed by atoms with Crippen molar-refractivity contribution in [3.05, 3.63) is 0 Å². The highest BCUT2D eigenvalue weighted by Gasteiger charge is 2.27. The van der Waals surface area contributed by atoms with Crippen LogP contribution in [-0.2, 0) is 4.79 Å². The van der Waals surface area contributed by atoms with E-state index in [0.29, 0.717) is 11.8 Å². The van der Waals surface area contributed by atoms with Gasteiger partial charge in [0, 0.05) is 25.6 Å². The lowest BCUT2D eigenvalue weighted by molar-refractivity contribution is -0.127. The van der Waals surface area contributed by atoms with Crippen LogP contribution in [-0.4, -0.2) is 29.9 Å². The first-order chi connectivity index (χ1) is 5.88. The second kappa shape index (κ2) is 3.66. The molecule has 0 aromatic carbocycles. The average molecular weight is 184 g/mol. The number of carbonyl (C=O) groups excluding carboxylic acids is 1. The van der Waals surface area contributed by atoms with E-state index in [1.54, 1.807) is 0 Å². The minimum atomic E-state index is 0.0625. The van der Waals surface area contributed by atoms with Crippen molar-refractivity contribution in [2.45, 2.75) is 39.7 Å². The number of nitrogens with two attached hydrogens (primary N) is 1. The van der Waals surface area contributed by atoms with Gasteiger partial charge < -0.3 is 10.6 Å². The Hall–Kier alpha value is -0.570. The first kappa shape index (κ1) is 10.5. The van der Waals surface area contributed by atoms with Crippen LogP contribution in [0.5, 0.6) is 0 Å². The predicted octanol–water partition coefficient (Wildman–Crippen LogP) is 0.982. The zero-order chi connectivity index (χ0) is 10.1. The van der Waals surface area contributed by atoms with Crippen LogP contribution >= 0.6 is 0 Å². The molecule has 1 amide bonds. The summed E-state index contributed by atoms with van der Waals surface area (Å²) in [5.74, 6) is 0.219. The van der Waals surface area contributed by atoms with E-state index in [-0.39, 0.29) is 11.9 Å². The summed E-state index contributed by atoms with van der Waals surface area (Å²) in [6, 6.07) is 0.0625. The van der Waals surface area contributed by atoms with Gasteiger partial charge in [0.1, 0.15) is 0 Å². The van der Waals surface area contributed by atoms with Crippen LogP contribution in [0.4, 0.5) is 0 Å². The molecule has 3 nitrogen and oxygen atoms in total. The van der Waals surface area contributed by atoms with Gasteiger partial charge in [0.2, 0.25) is 5.91 Å². The molecular formula is C10H20N2O. The van der Waals surface area contributed by atoms with Crippen molar-refractivity contribution in [3.63, 3.8) is 0 Å². The fraction of sp³-hybridized carbons (Fsp3) is 0.900. The summed E-state index contributed by atoms with van der Waals surface area (Å²) in [4.78, 5) is 13.2. The maximum Gasteiger partial charge on any atom is 0.224 e. The van der Waals surface area contributed by atoms with E-state index in [0.717, 1.165) is 19.5 Å². The highest BCUT2D eigenvalue weighted by atomic mass is 16.2. The Morgan fingerprint density at radius 1 is 1.54 bits per heavy atom. The second-order valence-corrected chi connectivity index (χ2v) is 5.11. The van der Waals surface area contributed by atoms with Gasteiger partial charge >= 0.3 is 0 Å². The smallest absolute Gasteiger partial charge is 0.224 e. The third-order valence-electron chi connectivity index (χ3n) is 2.38. The minimum absolute atomic E-state index is 0.0625.